The molecule has 0 fully saturated rings. The Morgan fingerprint density at radius 1 is 1.21 bits per heavy atom. The summed E-state index contributed by atoms with van der Waals surface area (Å²) in [5.41, 5.74) is 0. The van der Waals surface area contributed by atoms with Gasteiger partial charge < -0.3 is 10.4 Å². The second kappa shape index (κ2) is 9.98. The van der Waals surface area contributed by atoms with Crippen molar-refractivity contribution < 1.29 is 14.7 Å². The second-order valence-corrected chi connectivity index (χ2v) is 2.71. The summed E-state index contributed by atoms with van der Waals surface area (Å²) < 4.78 is 0. The van der Waals surface area contributed by atoms with Crippen LogP contribution in [0.5, 0.6) is 0 Å². The van der Waals surface area contributed by atoms with Crippen molar-refractivity contribution in [2.45, 2.75) is 27.7 Å². The fourth-order valence-electron chi connectivity index (χ4n) is 0.670. The van der Waals surface area contributed by atoms with Gasteiger partial charge >= 0.3 is 0 Å². The molecule has 0 aliphatic carbocycles. The zero-order valence-corrected chi connectivity index (χ0v) is 9.33. The maximum absolute atomic E-state index is 10.4. The van der Waals surface area contributed by atoms with E-state index in [0.29, 0.717) is 6.67 Å². The molecular weight excluding hydrogens is 184 g/mol. The van der Waals surface area contributed by atoms with Crippen LogP contribution in [0.25, 0.3) is 0 Å². The first-order valence-electron chi connectivity index (χ1n) is 4.60. The molecular formula is C9H20N2O3. The maximum atomic E-state index is 10.4. The van der Waals surface area contributed by atoms with Crippen molar-refractivity contribution in [2.75, 3.05) is 19.8 Å². The van der Waals surface area contributed by atoms with E-state index in [-0.39, 0.29) is 5.91 Å². The van der Waals surface area contributed by atoms with Gasteiger partial charge in [0, 0.05) is 13.8 Å². The highest BCUT2D eigenvalue weighted by molar-refractivity contribution is 5.72. The Kier molecular flexibility index (Phi) is 11.0. The number of amides is 1. The minimum absolute atomic E-state index is 0.0342. The van der Waals surface area contributed by atoms with E-state index in [9.17, 15) is 4.79 Å². The van der Waals surface area contributed by atoms with Crippen LogP contribution in [0.1, 0.15) is 27.7 Å². The Morgan fingerprint density at radius 2 is 1.57 bits per heavy atom. The first kappa shape index (κ1) is 15.4. The van der Waals surface area contributed by atoms with Crippen molar-refractivity contribution >= 4 is 11.9 Å². The summed E-state index contributed by atoms with van der Waals surface area (Å²) in [5.74, 6) is -0.799. The lowest BCUT2D eigenvalue weighted by atomic mass is 10.5. The molecule has 0 aromatic carbocycles. The molecule has 0 saturated heterocycles. The van der Waals surface area contributed by atoms with Gasteiger partial charge in [0.15, 0.2) is 0 Å². The Hall–Kier alpha value is -1.10. The molecule has 14 heavy (non-hydrogen) atoms. The summed E-state index contributed by atoms with van der Waals surface area (Å²) in [7, 11) is 0. The Labute approximate surface area is 85.1 Å². The number of nitrogens with zero attached hydrogens (tertiary/aromatic N) is 1. The predicted octanol–water partition coefficient (Wildman–Crippen LogP) is 0.513. The van der Waals surface area contributed by atoms with Gasteiger partial charge in [0.1, 0.15) is 0 Å². The molecule has 0 rings (SSSR count). The van der Waals surface area contributed by atoms with Crippen molar-refractivity contribution in [3.05, 3.63) is 0 Å². The molecule has 0 atom stereocenters. The quantitative estimate of drug-likeness (QED) is 0.655. The number of hydrogen-bond acceptors (Lipinski definition) is 3. The largest absolute Gasteiger partial charge is 0.481 e. The van der Waals surface area contributed by atoms with Crippen LogP contribution in [0.3, 0.4) is 0 Å². The van der Waals surface area contributed by atoms with Gasteiger partial charge in [-0.1, -0.05) is 13.8 Å². The standard InChI is InChI=1S/C7H16N2O.C2H4O2/c1-4-9(5-2)6-8-7(3)10;1-2(3)4/h4-6H2,1-3H3,(H,8,10);1H3,(H,3,4). The molecule has 0 heterocycles. The highest BCUT2D eigenvalue weighted by atomic mass is 16.4. The zero-order chi connectivity index (χ0) is 11.6. The number of carbonyl (C=O) groups is 2. The van der Waals surface area contributed by atoms with Crippen molar-refractivity contribution in [1.29, 1.82) is 0 Å². The minimum atomic E-state index is -0.833. The van der Waals surface area contributed by atoms with E-state index in [0.717, 1.165) is 20.0 Å². The normalized spacial score (nSPS) is 8.93. The molecule has 0 spiro atoms. The molecule has 0 aliphatic heterocycles. The number of hydrogen-bond donors (Lipinski definition) is 2. The van der Waals surface area contributed by atoms with E-state index in [2.05, 4.69) is 24.1 Å². The van der Waals surface area contributed by atoms with Gasteiger partial charge in [-0.05, 0) is 13.1 Å². The van der Waals surface area contributed by atoms with E-state index in [1.807, 2.05) is 0 Å². The average Bonchev–Trinajstić information content (AvgIpc) is 2.04. The summed E-state index contributed by atoms with van der Waals surface area (Å²) >= 11 is 0. The number of nitrogens with one attached hydrogen (secondary N) is 1. The highest BCUT2D eigenvalue weighted by Crippen LogP contribution is 1.81. The average molecular weight is 204 g/mol. The van der Waals surface area contributed by atoms with Gasteiger partial charge in [0.05, 0.1) is 6.67 Å². The molecule has 2 N–H and O–H groups in total. The molecule has 0 unspecified atom stereocenters. The van der Waals surface area contributed by atoms with Crippen LogP contribution in [-0.2, 0) is 9.59 Å². The number of aliphatic carboxylic acids is 1. The van der Waals surface area contributed by atoms with E-state index in [1.54, 1.807) is 0 Å². The Morgan fingerprint density at radius 3 is 1.79 bits per heavy atom. The minimum Gasteiger partial charge on any atom is -0.481 e. The molecule has 1 amide bonds. The third kappa shape index (κ3) is 17.1. The van der Waals surface area contributed by atoms with E-state index < -0.39 is 5.97 Å². The molecule has 0 aromatic heterocycles. The van der Waals surface area contributed by atoms with Crippen molar-refractivity contribution in [3.63, 3.8) is 0 Å². The number of carboxylic acids is 1. The predicted molar refractivity (Wildman–Crippen MR) is 54.9 cm³/mol. The van der Waals surface area contributed by atoms with E-state index >= 15 is 0 Å². The third-order valence-electron chi connectivity index (χ3n) is 1.45. The summed E-state index contributed by atoms with van der Waals surface area (Å²) in [6.07, 6.45) is 0. The van der Waals surface area contributed by atoms with Gasteiger partial charge in [-0.2, -0.15) is 0 Å². The first-order chi connectivity index (χ1) is 6.43. The molecule has 0 radical (unpaired) electrons. The lowest BCUT2D eigenvalue weighted by Crippen LogP contribution is -2.36. The first-order valence-corrected chi connectivity index (χ1v) is 4.60. The summed E-state index contributed by atoms with van der Waals surface area (Å²) in [6, 6.07) is 0. The van der Waals surface area contributed by atoms with Crippen LogP contribution in [0.4, 0.5) is 0 Å². The van der Waals surface area contributed by atoms with Gasteiger partial charge in [0.2, 0.25) is 5.91 Å². The molecule has 0 aliphatic rings. The monoisotopic (exact) mass is 204 g/mol. The highest BCUT2D eigenvalue weighted by Gasteiger charge is 1.97. The van der Waals surface area contributed by atoms with Crippen LogP contribution in [0.2, 0.25) is 0 Å². The molecule has 5 heteroatoms. The maximum Gasteiger partial charge on any atom is 0.300 e. The number of carboxylic acid groups (broad SMARTS) is 1. The van der Waals surface area contributed by atoms with Crippen LogP contribution in [0, 0.1) is 0 Å². The smallest absolute Gasteiger partial charge is 0.300 e. The van der Waals surface area contributed by atoms with Crippen LogP contribution < -0.4 is 5.32 Å². The Bertz CT molecular complexity index is 163. The summed E-state index contributed by atoms with van der Waals surface area (Å²) in [4.78, 5) is 21.6. The van der Waals surface area contributed by atoms with Crippen molar-refractivity contribution in [3.8, 4) is 0 Å². The van der Waals surface area contributed by atoms with Crippen LogP contribution in [0.15, 0.2) is 0 Å². The van der Waals surface area contributed by atoms with Gasteiger partial charge in [-0.3, -0.25) is 14.5 Å². The van der Waals surface area contributed by atoms with Crippen LogP contribution >= 0.6 is 0 Å². The second-order valence-electron chi connectivity index (χ2n) is 2.71. The van der Waals surface area contributed by atoms with Gasteiger partial charge in [-0.15, -0.1) is 0 Å². The molecule has 0 bridgehead atoms. The van der Waals surface area contributed by atoms with Crippen molar-refractivity contribution in [1.82, 2.24) is 10.2 Å². The van der Waals surface area contributed by atoms with E-state index in [4.69, 9.17) is 9.90 Å². The lowest BCUT2D eigenvalue weighted by molar-refractivity contribution is -0.134. The number of rotatable bonds is 4. The fourth-order valence-corrected chi connectivity index (χ4v) is 0.670. The third-order valence-corrected chi connectivity index (χ3v) is 1.45. The van der Waals surface area contributed by atoms with Gasteiger partial charge in [-0.25, -0.2) is 0 Å². The SMILES string of the molecule is CC(=O)O.CCN(CC)CNC(C)=O. The Balaban J connectivity index is 0. The van der Waals surface area contributed by atoms with Gasteiger partial charge in [0.25, 0.3) is 5.97 Å². The summed E-state index contributed by atoms with van der Waals surface area (Å²) in [6.45, 7) is 9.40. The topological polar surface area (TPSA) is 69.6 Å². The van der Waals surface area contributed by atoms with E-state index in [1.165, 1.54) is 6.92 Å². The number of carbonyl (C=O) groups excluding carboxylic acids is 1. The summed E-state index contributed by atoms with van der Waals surface area (Å²) in [5, 5.41) is 10.2. The van der Waals surface area contributed by atoms with Crippen molar-refractivity contribution in [2.24, 2.45) is 0 Å². The molecule has 0 saturated carbocycles. The lowest BCUT2D eigenvalue weighted by Gasteiger charge is -2.17. The van der Waals surface area contributed by atoms with Crippen LogP contribution in [-0.4, -0.2) is 41.6 Å². The molecule has 84 valence electrons. The molecule has 5 nitrogen and oxygen atoms in total. The zero-order valence-electron chi connectivity index (χ0n) is 9.33. The molecule has 0 aromatic rings. The fraction of sp³-hybridized carbons (Fsp3) is 0.778.